The van der Waals surface area contributed by atoms with Crippen LogP contribution in [0.25, 0.3) is 0 Å². The zero-order valence-electron chi connectivity index (χ0n) is 7.22. The first kappa shape index (κ1) is 10.8. The molecule has 6 heteroatoms. The number of nitrogens with two attached hydrogens (primary N) is 1. The van der Waals surface area contributed by atoms with Gasteiger partial charge in [0.05, 0.1) is 0 Å². The predicted molar refractivity (Wildman–Crippen MR) is 47.5 cm³/mol. The van der Waals surface area contributed by atoms with Gasteiger partial charge in [-0.05, 0) is 18.6 Å². The maximum absolute atomic E-state index is 12.2. The maximum atomic E-state index is 12.2. The van der Waals surface area contributed by atoms with Gasteiger partial charge in [0.1, 0.15) is 10.8 Å². The molecule has 0 atom stereocenters. The Morgan fingerprint density at radius 2 is 2.21 bits per heavy atom. The molecule has 1 rings (SSSR count). The summed E-state index contributed by atoms with van der Waals surface area (Å²) in [6, 6.07) is 0.953. The number of halogens is 3. The normalized spacial score (nSPS) is 10.6. The first-order chi connectivity index (χ1) is 6.43. The fourth-order valence-electron chi connectivity index (χ4n) is 0.964. The largest absolute Gasteiger partial charge is 0.366 e. The first-order valence-electron chi connectivity index (χ1n) is 3.68. The summed E-state index contributed by atoms with van der Waals surface area (Å²) < 4.78 is 24.5. The average Bonchev–Trinajstić information content (AvgIpc) is 2.08. The molecule has 0 aliphatic carbocycles. The van der Waals surface area contributed by atoms with Crippen molar-refractivity contribution in [2.75, 3.05) is 0 Å². The first-order valence-corrected chi connectivity index (χ1v) is 4.06. The Morgan fingerprint density at radius 1 is 1.64 bits per heavy atom. The maximum Gasteiger partial charge on any atom is 0.280 e. The van der Waals surface area contributed by atoms with E-state index in [0.717, 1.165) is 6.07 Å². The molecule has 0 fully saturated rings. The number of hydrogen-bond donors (Lipinski definition) is 1. The van der Waals surface area contributed by atoms with Gasteiger partial charge in [-0.15, -0.1) is 0 Å². The lowest BCUT2D eigenvalue weighted by atomic mass is 10.1. The van der Waals surface area contributed by atoms with Crippen LogP contribution in [-0.4, -0.2) is 10.9 Å². The molecule has 1 aromatic rings. The summed E-state index contributed by atoms with van der Waals surface area (Å²) in [7, 11) is 0. The number of primary amides is 1. The topological polar surface area (TPSA) is 56.0 Å². The standard InChI is InChI=1S/C8H7ClF2N2O/c1-3-4(8(12)14)2-5(7(10)11)13-6(3)9/h2,7H,1H3,(H2,12,14). The molecule has 1 heterocycles. The third kappa shape index (κ3) is 1.98. The van der Waals surface area contributed by atoms with Crippen LogP contribution in [0.5, 0.6) is 0 Å². The number of alkyl halides is 2. The molecule has 0 saturated heterocycles. The van der Waals surface area contributed by atoms with Crippen molar-refractivity contribution in [3.63, 3.8) is 0 Å². The molecule has 76 valence electrons. The molecule has 0 unspecified atom stereocenters. The third-order valence-corrected chi connectivity index (χ3v) is 2.09. The molecule has 3 nitrogen and oxygen atoms in total. The zero-order valence-corrected chi connectivity index (χ0v) is 7.98. The van der Waals surface area contributed by atoms with Crippen LogP contribution in [0, 0.1) is 6.92 Å². The van der Waals surface area contributed by atoms with E-state index in [1.807, 2.05) is 0 Å². The average molecular weight is 221 g/mol. The van der Waals surface area contributed by atoms with E-state index in [1.165, 1.54) is 6.92 Å². The highest BCUT2D eigenvalue weighted by Crippen LogP contribution is 2.23. The van der Waals surface area contributed by atoms with Gasteiger partial charge in [-0.1, -0.05) is 11.6 Å². The van der Waals surface area contributed by atoms with Gasteiger partial charge in [-0.3, -0.25) is 4.79 Å². The lowest BCUT2D eigenvalue weighted by molar-refractivity contribution is 0.0999. The quantitative estimate of drug-likeness (QED) is 0.776. The lowest BCUT2D eigenvalue weighted by Crippen LogP contribution is -2.14. The Bertz CT molecular complexity index is 382. The Kier molecular flexibility index (Phi) is 3.00. The molecule has 1 aromatic heterocycles. The van der Waals surface area contributed by atoms with E-state index in [0.29, 0.717) is 5.56 Å². The molecule has 0 bridgehead atoms. The molecule has 1 amide bonds. The number of nitrogens with zero attached hydrogens (tertiary/aromatic N) is 1. The second-order valence-electron chi connectivity index (χ2n) is 2.68. The molecule has 0 aliphatic heterocycles. The second-order valence-corrected chi connectivity index (χ2v) is 3.03. The van der Waals surface area contributed by atoms with Gasteiger partial charge >= 0.3 is 0 Å². The van der Waals surface area contributed by atoms with Gasteiger partial charge in [-0.25, -0.2) is 13.8 Å². The molecule has 0 aromatic carbocycles. The number of carbonyl (C=O) groups excluding carboxylic acids is 1. The summed E-state index contributed by atoms with van der Waals surface area (Å²) in [4.78, 5) is 14.3. The molecule has 0 saturated carbocycles. The molecule has 14 heavy (non-hydrogen) atoms. The van der Waals surface area contributed by atoms with E-state index in [4.69, 9.17) is 17.3 Å². The van der Waals surface area contributed by atoms with E-state index in [9.17, 15) is 13.6 Å². The van der Waals surface area contributed by atoms with Gasteiger partial charge in [0.2, 0.25) is 5.91 Å². The summed E-state index contributed by atoms with van der Waals surface area (Å²) in [6.07, 6.45) is -2.77. The van der Waals surface area contributed by atoms with Gasteiger partial charge < -0.3 is 5.73 Å². The second kappa shape index (κ2) is 3.88. The van der Waals surface area contributed by atoms with Gasteiger partial charge in [0, 0.05) is 5.56 Å². The van der Waals surface area contributed by atoms with Crippen molar-refractivity contribution in [3.8, 4) is 0 Å². The van der Waals surface area contributed by atoms with Crippen molar-refractivity contribution in [2.45, 2.75) is 13.3 Å². The van der Waals surface area contributed by atoms with E-state index >= 15 is 0 Å². The highest BCUT2D eigenvalue weighted by atomic mass is 35.5. The smallest absolute Gasteiger partial charge is 0.280 e. The zero-order chi connectivity index (χ0) is 10.9. The van der Waals surface area contributed by atoms with Crippen LogP contribution < -0.4 is 5.73 Å². The van der Waals surface area contributed by atoms with Crippen LogP contribution in [0.4, 0.5) is 8.78 Å². The number of amides is 1. The summed E-state index contributed by atoms with van der Waals surface area (Å²) in [5.74, 6) is -0.798. The van der Waals surface area contributed by atoms with Gasteiger partial charge in [-0.2, -0.15) is 0 Å². The molecule has 0 spiro atoms. The van der Waals surface area contributed by atoms with Crippen molar-refractivity contribution in [2.24, 2.45) is 5.73 Å². The number of pyridine rings is 1. The minimum atomic E-state index is -2.77. The van der Waals surface area contributed by atoms with Crippen LogP contribution >= 0.6 is 11.6 Å². The Morgan fingerprint density at radius 3 is 2.64 bits per heavy atom. The minimum Gasteiger partial charge on any atom is -0.366 e. The van der Waals surface area contributed by atoms with E-state index < -0.39 is 18.0 Å². The SMILES string of the molecule is Cc1c(C(N)=O)cc(C(F)F)nc1Cl. The lowest BCUT2D eigenvalue weighted by Gasteiger charge is -2.06. The summed E-state index contributed by atoms with van der Waals surface area (Å²) in [5, 5.41) is -0.128. The van der Waals surface area contributed by atoms with Crippen LogP contribution in [0.15, 0.2) is 6.07 Å². The highest BCUT2D eigenvalue weighted by molar-refractivity contribution is 6.30. The fourth-order valence-corrected chi connectivity index (χ4v) is 1.16. The van der Waals surface area contributed by atoms with E-state index in [2.05, 4.69) is 4.98 Å². The molecular weight excluding hydrogens is 214 g/mol. The van der Waals surface area contributed by atoms with Crippen LogP contribution in [0.1, 0.15) is 28.0 Å². The van der Waals surface area contributed by atoms with E-state index in [1.54, 1.807) is 0 Å². The molecule has 0 aliphatic rings. The van der Waals surface area contributed by atoms with E-state index in [-0.39, 0.29) is 10.7 Å². The van der Waals surface area contributed by atoms with Crippen molar-refractivity contribution < 1.29 is 13.6 Å². The molecular formula is C8H7ClF2N2O. The number of hydrogen-bond acceptors (Lipinski definition) is 2. The van der Waals surface area contributed by atoms with Crippen molar-refractivity contribution in [3.05, 3.63) is 28.0 Å². The fraction of sp³-hybridized carbons (Fsp3) is 0.250. The van der Waals surface area contributed by atoms with Crippen molar-refractivity contribution in [1.29, 1.82) is 0 Å². The van der Waals surface area contributed by atoms with Crippen LogP contribution in [0.2, 0.25) is 5.15 Å². The number of carbonyl (C=O) groups is 1. The summed E-state index contributed by atoms with van der Waals surface area (Å²) >= 11 is 5.55. The Balaban J connectivity index is 3.35. The van der Waals surface area contributed by atoms with Crippen LogP contribution in [-0.2, 0) is 0 Å². The third-order valence-electron chi connectivity index (χ3n) is 1.72. The van der Waals surface area contributed by atoms with Gasteiger partial charge in [0.25, 0.3) is 6.43 Å². The monoisotopic (exact) mass is 220 g/mol. The highest BCUT2D eigenvalue weighted by Gasteiger charge is 2.16. The summed E-state index contributed by atoms with van der Waals surface area (Å²) in [5.41, 5.74) is 4.72. The molecule has 2 N–H and O–H groups in total. The van der Waals surface area contributed by atoms with Crippen LogP contribution in [0.3, 0.4) is 0 Å². The Hall–Kier alpha value is -1.23. The number of rotatable bonds is 2. The summed E-state index contributed by atoms with van der Waals surface area (Å²) in [6.45, 7) is 1.49. The number of aromatic nitrogens is 1. The minimum absolute atomic E-state index is 0.0275. The Labute approximate surface area is 83.9 Å². The predicted octanol–water partition coefficient (Wildman–Crippen LogP) is 2.08. The van der Waals surface area contributed by atoms with Crippen molar-refractivity contribution >= 4 is 17.5 Å². The molecule has 0 radical (unpaired) electrons. The van der Waals surface area contributed by atoms with Gasteiger partial charge in [0.15, 0.2) is 0 Å². The van der Waals surface area contributed by atoms with Crippen molar-refractivity contribution in [1.82, 2.24) is 4.98 Å².